The third kappa shape index (κ3) is 8.19. The number of rotatable bonds is 11. The van der Waals surface area contributed by atoms with Gasteiger partial charge in [0.25, 0.3) is 11.8 Å². The second kappa shape index (κ2) is 14.3. The molecule has 0 spiro atoms. The molecule has 15 heteroatoms. The van der Waals surface area contributed by atoms with Gasteiger partial charge in [0.2, 0.25) is 18.0 Å². The second-order valence-corrected chi connectivity index (χ2v) is 12.5. The topological polar surface area (TPSA) is 138 Å². The summed E-state index contributed by atoms with van der Waals surface area (Å²) in [5.74, 6) is -3.58. The SMILES string of the molecule is CC(C)=NOC1CCC(C)N2CC1n1cc(C(=O)NCc3ccc(F)cc3F)c(=O)c(OCOC(=O)OCC[N+](C)(C)C)c1C2=O. The summed E-state index contributed by atoms with van der Waals surface area (Å²) in [5.41, 5.74) is -0.857. The summed E-state index contributed by atoms with van der Waals surface area (Å²) in [5, 5.41) is 6.60. The van der Waals surface area contributed by atoms with Crippen molar-refractivity contribution in [1.82, 2.24) is 14.8 Å². The molecular formula is C31H40F2N5O8+. The van der Waals surface area contributed by atoms with Crippen LogP contribution in [0.5, 0.6) is 5.75 Å². The number of benzene rings is 1. The average Bonchev–Trinajstić information content (AvgIpc) is 3.11. The van der Waals surface area contributed by atoms with Gasteiger partial charge in [0.05, 0.1) is 32.9 Å². The van der Waals surface area contributed by atoms with Gasteiger partial charge >= 0.3 is 6.16 Å². The van der Waals surface area contributed by atoms with Gasteiger partial charge in [0.15, 0.2) is 5.69 Å². The van der Waals surface area contributed by atoms with Gasteiger partial charge in [-0.2, -0.15) is 0 Å². The molecule has 46 heavy (non-hydrogen) atoms. The number of halogens is 2. The largest absolute Gasteiger partial charge is 0.511 e. The Morgan fingerprint density at radius 3 is 2.52 bits per heavy atom. The Kier molecular flexibility index (Phi) is 10.7. The highest BCUT2D eigenvalue weighted by Crippen LogP contribution is 2.36. The predicted octanol–water partition coefficient (Wildman–Crippen LogP) is 3.21. The first kappa shape index (κ1) is 34.3. The van der Waals surface area contributed by atoms with Crippen LogP contribution < -0.4 is 15.5 Å². The molecule has 1 aromatic heterocycles. The van der Waals surface area contributed by atoms with E-state index in [1.807, 2.05) is 28.1 Å². The number of carbonyl (C=O) groups excluding carboxylic acids is 3. The minimum Gasteiger partial charge on any atom is -0.451 e. The van der Waals surface area contributed by atoms with Crippen LogP contribution in [0.2, 0.25) is 0 Å². The molecule has 0 aliphatic carbocycles. The summed E-state index contributed by atoms with van der Waals surface area (Å²) in [4.78, 5) is 60.6. The molecule has 250 valence electrons. The van der Waals surface area contributed by atoms with Crippen molar-refractivity contribution in [3.63, 3.8) is 0 Å². The van der Waals surface area contributed by atoms with Gasteiger partial charge in [0.1, 0.15) is 36.5 Å². The van der Waals surface area contributed by atoms with Gasteiger partial charge in [-0.3, -0.25) is 14.4 Å². The zero-order valence-electron chi connectivity index (χ0n) is 26.8. The number of hydrogen-bond donors (Lipinski definition) is 1. The van der Waals surface area contributed by atoms with E-state index in [2.05, 4.69) is 10.5 Å². The van der Waals surface area contributed by atoms with Gasteiger partial charge in [-0.05, 0) is 39.7 Å². The Morgan fingerprint density at radius 2 is 1.85 bits per heavy atom. The van der Waals surface area contributed by atoms with Gasteiger partial charge < -0.3 is 38.3 Å². The van der Waals surface area contributed by atoms with Crippen LogP contribution >= 0.6 is 0 Å². The van der Waals surface area contributed by atoms with Crippen LogP contribution in [0.4, 0.5) is 13.6 Å². The Labute approximate surface area is 265 Å². The van der Waals surface area contributed by atoms with Crippen LogP contribution in [-0.2, 0) is 20.9 Å². The van der Waals surface area contributed by atoms with Crippen molar-refractivity contribution in [1.29, 1.82) is 0 Å². The molecule has 3 atom stereocenters. The second-order valence-electron chi connectivity index (χ2n) is 12.5. The molecule has 0 saturated carbocycles. The Bertz CT molecular complexity index is 1570. The molecule has 4 rings (SSSR count). The molecule has 1 aromatic carbocycles. The number of ether oxygens (including phenoxy) is 3. The highest BCUT2D eigenvalue weighted by molar-refractivity contribution is 5.99. The number of nitrogens with one attached hydrogen (secondary N) is 1. The van der Waals surface area contributed by atoms with Gasteiger partial charge in [0, 0.05) is 37.0 Å². The van der Waals surface area contributed by atoms with E-state index in [1.165, 1.54) is 16.8 Å². The van der Waals surface area contributed by atoms with E-state index >= 15 is 0 Å². The first-order valence-corrected chi connectivity index (χ1v) is 14.9. The van der Waals surface area contributed by atoms with Crippen molar-refractivity contribution in [2.24, 2.45) is 5.16 Å². The Balaban J connectivity index is 1.70. The van der Waals surface area contributed by atoms with Crippen LogP contribution in [-0.4, -0.2) is 97.4 Å². The molecule has 2 aliphatic rings. The first-order valence-electron chi connectivity index (χ1n) is 14.9. The lowest BCUT2D eigenvalue weighted by atomic mass is 10.0. The minimum atomic E-state index is -1.05. The standard InChI is InChI=1S/C31H39F2N5O8/c1-18(2)35-46-25-10-7-19(3)36-16-24(25)37-15-22(29(40)34-14-20-8-9-21(32)13-23(20)33)27(39)28(26(37)30(36)41)44-17-45-31(42)43-12-11-38(4,5)6/h8-9,13,15,19,24-25H,7,10-12,14,16-17H2,1-6H3/p+1. The highest BCUT2D eigenvalue weighted by atomic mass is 19.1. The first-order chi connectivity index (χ1) is 21.7. The molecule has 2 aromatic rings. The smallest absolute Gasteiger partial charge is 0.451 e. The highest BCUT2D eigenvalue weighted by Gasteiger charge is 2.44. The molecular weight excluding hydrogens is 608 g/mol. The summed E-state index contributed by atoms with van der Waals surface area (Å²) in [6.45, 7) is 5.07. The van der Waals surface area contributed by atoms with E-state index in [1.54, 1.807) is 18.7 Å². The minimum absolute atomic E-state index is 0.00806. The molecule has 3 heterocycles. The Morgan fingerprint density at radius 1 is 1.11 bits per heavy atom. The molecule has 2 bridgehead atoms. The fourth-order valence-corrected chi connectivity index (χ4v) is 5.13. The zero-order valence-corrected chi connectivity index (χ0v) is 26.8. The van der Waals surface area contributed by atoms with Crippen LogP contribution in [0.25, 0.3) is 0 Å². The van der Waals surface area contributed by atoms with Crippen LogP contribution in [0.15, 0.2) is 34.3 Å². The quantitative estimate of drug-likeness (QED) is 0.129. The Hall–Kier alpha value is -4.53. The third-order valence-corrected chi connectivity index (χ3v) is 7.66. The summed E-state index contributed by atoms with van der Waals surface area (Å²) in [6.07, 6.45) is 0.758. The number of fused-ring (bicyclic) bond motifs is 4. The van der Waals surface area contributed by atoms with E-state index in [0.717, 1.165) is 6.07 Å². The van der Waals surface area contributed by atoms with Crippen LogP contribution in [0.3, 0.4) is 0 Å². The maximum Gasteiger partial charge on any atom is 0.511 e. The molecule has 1 saturated heterocycles. The number of hydrogen-bond acceptors (Lipinski definition) is 9. The van der Waals surface area contributed by atoms with Crippen molar-refractivity contribution in [2.45, 2.75) is 58.3 Å². The molecule has 1 N–H and O–H groups in total. The van der Waals surface area contributed by atoms with Crippen molar-refractivity contribution >= 4 is 23.7 Å². The van der Waals surface area contributed by atoms with E-state index in [4.69, 9.17) is 19.0 Å². The van der Waals surface area contributed by atoms with Gasteiger partial charge in [-0.25, -0.2) is 13.6 Å². The molecule has 3 unspecified atom stereocenters. The van der Waals surface area contributed by atoms with Crippen LogP contribution in [0.1, 0.15) is 66.1 Å². The number of likely N-dealkylation sites (N-methyl/N-ethyl adjacent to an activating group) is 1. The lowest BCUT2D eigenvalue weighted by Crippen LogP contribution is -2.49. The van der Waals surface area contributed by atoms with Crippen LogP contribution in [0, 0.1) is 11.6 Å². The van der Waals surface area contributed by atoms with Crippen molar-refractivity contribution in [2.75, 3.05) is 47.6 Å². The molecule has 0 radical (unpaired) electrons. The lowest BCUT2D eigenvalue weighted by molar-refractivity contribution is -0.870. The maximum absolute atomic E-state index is 14.2. The number of carbonyl (C=O) groups is 3. The number of aromatic nitrogens is 1. The summed E-state index contributed by atoms with van der Waals surface area (Å²) in [6, 6.07) is 2.11. The van der Waals surface area contributed by atoms with E-state index in [0.29, 0.717) is 35.6 Å². The number of amides is 2. The normalized spacial score (nSPS) is 19.0. The summed E-state index contributed by atoms with van der Waals surface area (Å²) in [7, 11) is 5.76. The van der Waals surface area contributed by atoms with Gasteiger partial charge in [-0.1, -0.05) is 11.2 Å². The van der Waals surface area contributed by atoms with E-state index < -0.39 is 65.3 Å². The fraction of sp³-hybridized carbons (Fsp3) is 0.516. The maximum atomic E-state index is 14.2. The molecule has 2 amide bonds. The summed E-state index contributed by atoms with van der Waals surface area (Å²) >= 11 is 0. The average molecular weight is 649 g/mol. The number of oxime groups is 1. The van der Waals surface area contributed by atoms with Gasteiger partial charge in [-0.15, -0.1) is 0 Å². The summed E-state index contributed by atoms with van der Waals surface area (Å²) < 4.78 is 45.3. The molecule has 13 nitrogen and oxygen atoms in total. The lowest BCUT2D eigenvalue weighted by Gasteiger charge is -2.38. The van der Waals surface area contributed by atoms with Crippen molar-refractivity contribution in [3.8, 4) is 5.75 Å². The molecule has 2 aliphatic heterocycles. The van der Waals surface area contributed by atoms with E-state index in [9.17, 15) is 28.0 Å². The van der Waals surface area contributed by atoms with Crippen molar-refractivity contribution < 1.29 is 46.7 Å². The van der Waals surface area contributed by atoms with E-state index in [-0.39, 0.29) is 37.0 Å². The monoisotopic (exact) mass is 648 g/mol. The predicted molar refractivity (Wildman–Crippen MR) is 161 cm³/mol. The fourth-order valence-electron chi connectivity index (χ4n) is 5.13. The molecule has 1 fully saturated rings. The number of pyridine rings is 1. The number of quaternary nitrogens is 1. The van der Waals surface area contributed by atoms with Crippen molar-refractivity contribution in [3.05, 3.63) is 63.1 Å². The third-order valence-electron chi connectivity index (χ3n) is 7.66. The zero-order chi connectivity index (χ0) is 33.8. The number of nitrogens with zero attached hydrogens (tertiary/aromatic N) is 4.